The molecule has 2 fully saturated rings. The van der Waals surface area contributed by atoms with Crippen LogP contribution in [0.5, 0.6) is 5.75 Å². The number of nitrogens with zero attached hydrogens (tertiary/aromatic N) is 1. The van der Waals surface area contributed by atoms with E-state index in [9.17, 15) is 9.18 Å². The van der Waals surface area contributed by atoms with Crippen LogP contribution in [-0.4, -0.2) is 50.8 Å². The Hall–Kier alpha value is -2.44. The van der Waals surface area contributed by atoms with Crippen molar-refractivity contribution in [1.29, 1.82) is 0 Å². The van der Waals surface area contributed by atoms with Gasteiger partial charge in [-0.05, 0) is 41.7 Å². The summed E-state index contributed by atoms with van der Waals surface area (Å²) in [5.41, 5.74) is 1.78. The summed E-state index contributed by atoms with van der Waals surface area (Å²) >= 11 is 0. The van der Waals surface area contributed by atoms with E-state index in [1.54, 1.807) is 19.2 Å². The molecule has 0 aromatic heterocycles. The van der Waals surface area contributed by atoms with Crippen LogP contribution in [-0.2, 0) is 9.53 Å². The van der Waals surface area contributed by atoms with Crippen molar-refractivity contribution < 1.29 is 18.7 Å². The van der Waals surface area contributed by atoms with E-state index in [0.29, 0.717) is 31.7 Å². The normalized spacial score (nSPS) is 22.7. The first-order chi connectivity index (χ1) is 14.2. The Labute approximate surface area is 170 Å². The first-order valence-electron chi connectivity index (χ1n) is 10.1. The molecule has 29 heavy (non-hydrogen) atoms. The molecule has 0 radical (unpaired) electrons. The summed E-state index contributed by atoms with van der Waals surface area (Å²) in [6.45, 7) is 3.56. The summed E-state index contributed by atoms with van der Waals surface area (Å²) in [4.78, 5) is 15.1. The summed E-state index contributed by atoms with van der Waals surface area (Å²) < 4.78 is 24.7. The molecule has 3 atom stereocenters. The molecule has 1 aliphatic carbocycles. The Bertz CT molecular complexity index is 836. The summed E-state index contributed by atoms with van der Waals surface area (Å²) in [5, 5.41) is 3.11. The number of ether oxygens (including phenoxy) is 2. The predicted molar refractivity (Wildman–Crippen MR) is 108 cm³/mol. The molecule has 2 aromatic carbocycles. The predicted octanol–water partition coefficient (Wildman–Crippen LogP) is 3.13. The van der Waals surface area contributed by atoms with Crippen molar-refractivity contribution in [2.45, 2.75) is 18.4 Å². The zero-order valence-electron chi connectivity index (χ0n) is 16.6. The fourth-order valence-electron chi connectivity index (χ4n) is 4.11. The number of rotatable bonds is 7. The maximum Gasteiger partial charge on any atom is 0.223 e. The lowest BCUT2D eigenvalue weighted by Gasteiger charge is -2.35. The van der Waals surface area contributed by atoms with Gasteiger partial charge in [0.2, 0.25) is 5.91 Å². The maximum absolute atomic E-state index is 14.0. The molecule has 1 aliphatic heterocycles. The third kappa shape index (κ3) is 4.60. The van der Waals surface area contributed by atoms with E-state index in [1.807, 2.05) is 30.3 Å². The summed E-state index contributed by atoms with van der Waals surface area (Å²) in [6, 6.07) is 14.8. The second-order valence-corrected chi connectivity index (χ2v) is 7.65. The number of hydrogen-bond donors (Lipinski definition) is 1. The molecule has 0 spiro atoms. The molecular formula is C23H27FN2O3. The lowest BCUT2D eigenvalue weighted by molar-refractivity contribution is -0.122. The molecule has 1 N–H and O–H groups in total. The zero-order valence-corrected chi connectivity index (χ0v) is 16.6. The van der Waals surface area contributed by atoms with Crippen LogP contribution in [0.15, 0.2) is 48.5 Å². The van der Waals surface area contributed by atoms with E-state index in [4.69, 9.17) is 9.47 Å². The second-order valence-electron chi connectivity index (χ2n) is 7.65. The van der Waals surface area contributed by atoms with E-state index in [1.165, 1.54) is 6.07 Å². The topological polar surface area (TPSA) is 50.8 Å². The van der Waals surface area contributed by atoms with Crippen molar-refractivity contribution >= 4 is 5.91 Å². The van der Waals surface area contributed by atoms with Crippen molar-refractivity contribution in [3.63, 3.8) is 0 Å². The van der Waals surface area contributed by atoms with Crippen molar-refractivity contribution in [2.75, 3.05) is 40.0 Å². The Kier molecular flexibility index (Phi) is 6.11. The van der Waals surface area contributed by atoms with Gasteiger partial charge in [-0.15, -0.1) is 0 Å². The number of benzene rings is 2. The van der Waals surface area contributed by atoms with E-state index in [0.717, 1.165) is 24.4 Å². The number of carbonyl (C=O) groups excluding carboxylic acids is 1. The van der Waals surface area contributed by atoms with Gasteiger partial charge in [0.25, 0.3) is 0 Å². The quantitative estimate of drug-likeness (QED) is 0.779. The number of morpholine rings is 1. The summed E-state index contributed by atoms with van der Waals surface area (Å²) in [7, 11) is 1.65. The molecule has 5 nitrogen and oxygen atoms in total. The smallest absolute Gasteiger partial charge is 0.223 e. The van der Waals surface area contributed by atoms with Crippen LogP contribution < -0.4 is 10.1 Å². The van der Waals surface area contributed by atoms with Gasteiger partial charge in [-0.1, -0.05) is 30.3 Å². The molecule has 4 rings (SSSR count). The number of nitrogens with one attached hydrogen (secondary N) is 1. The number of carbonyl (C=O) groups is 1. The largest absolute Gasteiger partial charge is 0.497 e. The van der Waals surface area contributed by atoms with Gasteiger partial charge in [-0.25, -0.2) is 4.39 Å². The van der Waals surface area contributed by atoms with Gasteiger partial charge in [-0.2, -0.15) is 0 Å². The van der Waals surface area contributed by atoms with Crippen LogP contribution in [0.2, 0.25) is 0 Å². The molecular weight excluding hydrogens is 371 g/mol. The molecule has 1 heterocycles. The number of hydrogen-bond acceptors (Lipinski definition) is 4. The third-order valence-corrected chi connectivity index (χ3v) is 5.89. The van der Waals surface area contributed by atoms with E-state index < -0.39 is 0 Å². The molecule has 2 aliphatic rings. The highest BCUT2D eigenvalue weighted by Gasteiger charge is 2.45. The first-order valence-corrected chi connectivity index (χ1v) is 10.1. The van der Waals surface area contributed by atoms with Crippen molar-refractivity contribution in [3.8, 4) is 5.75 Å². The van der Waals surface area contributed by atoms with E-state index in [-0.39, 0.29) is 29.6 Å². The lowest BCUT2D eigenvalue weighted by atomic mass is 10.0. The Balaban J connectivity index is 1.41. The zero-order chi connectivity index (χ0) is 20.2. The van der Waals surface area contributed by atoms with Gasteiger partial charge < -0.3 is 14.8 Å². The SMILES string of the molecule is COc1ccc(C(CNC(=O)C2CC2c2ccccc2F)N2CCOCC2)cc1. The highest BCUT2D eigenvalue weighted by atomic mass is 19.1. The molecule has 1 saturated heterocycles. The Morgan fingerprint density at radius 1 is 1.21 bits per heavy atom. The number of halogens is 1. The van der Waals surface area contributed by atoms with E-state index in [2.05, 4.69) is 10.2 Å². The monoisotopic (exact) mass is 398 g/mol. The van der Waals surface area contributed by atoms with Gasteiger partial charge in [0.15, 0.2) is 0 Å². The Morgan fingerprint density at radius 3 is 2.62 bits per heavy atom. The minimum absolute atomic E-state index is 0.00465. The van der Waals surface area contributed by atoms with Crippen LogP contribution >= 0.6 is 0 Å². The minimum atomic E-state index is -0.225. The highest BCUT2D eigenvalue weighted by molar-refractivity contribution is 5.83. The van der Waals surface area contributed by atoms with Crippen molar-refractivity contribution in [3.05, 3.63) is 65.5 Å². The van der Waals surface area contributed by atoms with Crippen LogP contribution in [0.1, 0.15) is 29.5 Å². The second kappa shape index (κ2) is 8.93. The minimum Gasteiger partial charge on any atom is -0.497 e. The van der Waals surface area contributed by atoms with Crippen LogP contribution in [0.3, 0.4) is 0 Å². The Morgan fingerprint density at radius 2 is 1.93 bits per heavy atom. The fraction of sp³-hybridized carbons (Fsp3) is 0.435. The van der Waals surface area contributed by atoms with Gasteiger partial charge in [0.05, 0.1) is 26.4 Å². The van der Waals surface area contributed by atoms with Gasteiger partial charge in [0.1, 0.15) is 11.6 Å². The molecule has 2 aromatic rings. The number of methoxy groups -OCH3 is 1. The fourth-order valence-corrected chi connectivity index (χ4v) is 4.11. The van der Waals surface area contributed by atoms with Crippen LogP contribution in [0.25, 0.3) is 0 Å². The average Bonchev–Trinajstić information content (AvgIpc) is 3.56. The van der Waals surface area contributed by atoms with Crippen molar-refractivity contribution in [1.82, 2.24) is 10.2 Å². The lowest BCUT2D eigenvalue weighted by Crippen LogP contribution is -2.44. The first kappa shape index (κ1) is 19.9. The summed E-state index contributed by atoms with van der Waals surface area (Å²) in [6.07, 6.45) is 0.706. The molecule has 154 valence electrons. The van der Waals surface area contributed by atoms with Crippen molar-refractivity contribution in [2.24, 2.45) is 5.92 Å². The van der Waals surface area contributed by atoms with E-state index >= 15 is 0 Å². The van der Waals surface area contributed by atoms with Gasteiger partial charge in [-0.3, -0.25) is 9.69 Å². The molecule has 3 unspecified atom stereocenters. The molecule has 1 amide bonds. The van der Waals surface area contributed by atoms with Crippen LogP contribution in [0.4, 0.5) is 4.39 Å². The average molecular weight is 398 g/mol. The maximum atomic E-state index is 14.0. The van der Waals surface area contributed by atoms with Gasteiger partial charge in [0, 0.05) is 25.6 Å². The van der Waals surface area contributed by atoms with Gasteiger partial charge >= 0.3 is 0 Å². The molecule has 6 heteroatoms. The molecule has 1 saturated carbocycles. The van der Waals surface area contributed by atoms with Crippen LogP contribution in [0, 0.1) is 11.7 Å². The highest BCUT2D eigenvalue weighted by Crippen LogP contribution is 2.48. The third-order valence-electron chi connectivity index (χ3n) is 5.89. The standard InChI is InChI=1S/C23H27FN2O3/c1-28-17-8-6-16(7-9-17)22(26-10-12-29-13-11-26)15-25-23(27)20-14-19(20)18-4-2-3-5-21(18)24/h2-9,19-20,22H,10-15H2,1H3,(H,25,27). The summed E-state index contributed by atoms with van der Waals surface area (Å²) in [5.74, 6) is 0.429. The number of amides is 1. The molecule has 0 bridgehead atoms.